The number of nitro groups is 1. The molecule has 1 rings (SSSR count). The van der Waals surface area contributed by atoms with E-state index in [4.69, 9.17) is 0 Å². The number of nitrogens with one attached hydrogen (secondary N) is 1. The molecule has 0 fully saturated rings. The van der Waals surface area contributed by atoms with E-state index in [-0.39, 0.29) is 23.5 Å². The highest BCUT2D eigenvalue weighted by molar-refractivity contribution is 5.55. The second kappa shape index (κ2) is 6.30. The highest BCUT2D eigenvalue weighted by atomic mass is 16.6. The van der Waals surface area contributed by atoms with Crippen molar-refractivity contribution in [2.24, 2.45) is 5.41 Å². The molecule has 0 unspecified atom stereocenters. The topological polar surface area (TPSA) is 88.3 Å². The van der Waals surface area contributed by atoms with Gasteiger partial charge in [-0.2, -0.15) is 0 Å². The smallest absolute Gasteiger partial charge is 0.311 e. The molecule has 0 aromatic carbocycles. The summed E-state index contributed by atoms with van der Waals surface area (Å²) >= 11 is 0. The normalized spacial score (nSPS) is 11.3. The van der Waals surface area contributed by atoms with Crippen LogP contribution in [0.15, 0.2) is 18.3 Å². The third kappa shape index (κ3) is 3.16. The summed E-state index contributed by atoms with van der Waals surface area (Å²) in [6.45, 7) is 4.50. The van der Waals surface area contributed by atoms with E-state index in [0.29, 0.717) is 6.54 Å². The molecule has 6 heteroatoms. The molecule has 0 aliphatic carbocycles. The zero-order chi connectivity index (χ0) is 13.6. The summed E-state index contributed by atoms with van der Waals surface area (Å²) < 4.78 is 0. The molecular weight excluding hydrogens is 234 g/mol. The Hall–Kier alpha value is -1.69. The minimum atomic E-state index is -0.464. The Bertz CT molecular complexity index is 397. The van der Waals surface area contributed by atoms with Crippen molar-refractivity contribution in [1.29, 1.82) is 0 Å². The van der Waals surface area contributed by atoms with Gasteiger partial charge in [0.05, 0.1) is 11.5 Å². The molecule has 100 valence electrons. The maximum Gasteiger partial charge on any atom is 0.311 e. The van der Waals surface area contributed by atoms with Gasteiger partial charge in [0.1, 0.15) is 0 Å². The highest BCUT2D eigenvalue weighted by Crippen LogP contribution is 2.28. The SMILES string of the molecule is CCC(CC)(CO)CNc1ncccc1[N+](=O)[O-]. The minimum absolute atomic E-state index is 0.0449. The second-order valence-corrected chi connectivity index (χ2v) is 4.35. The molecule has 0 saturated carbocycles. The summed E-state index contributed by atoms with van der Waals surface area (Å²) in [5, 5.41) is 23.2. The molecule has 0 saturated heterocycles. The van der Waals surface area contributed by atoms with Gasteiger partial charge in [-0.3, -0.25) is 10.1 Å². The molecule has 0 atom stereocenters. The number of aliphatic hydroxyl groups excluding tert-OH is 1. The number of rotatable bonds is 7. The van der Waals surface area contributed by atoms with E-state index < -0.39 is 4.92 Å². The Morgan fingerprint density at radius 1 is 1.50 bits per heavy atom. The number of pyridine rings is 1. The van der Waals surface area contributed by atoms with Crippen molar-refractivity contribution in [3.05, 3.63) is 28.4 Å². The Balaban J connectivity index is 2.83. The zero-order valence-electron chi connectivity index (χ0n) is 10.7. The molecule has 1 heterocycles. The lowest BCUT2D eigenvalue weighted by molar-refractivity contribution is -0.384. The van der Waals surface area contributed by atoms with E-state index in [1.165, 1.54) is 18.3 Å². The predicted molar refractivity (Wildman–Crippen MR) is 69.5 cm³/mol. The summed E-state index contributed by atoms with van der Waals surface area (Å²) in [7, 11) is 0. The fourth-order valence-electron chi connectivity index (χ4n) is 1.73. The number of nitrogens with zero attached hydrogens (tertiary/aromatic N) is 2. The molecule has 6 nitrogen and oxygen atoms in total. The molecule has 18 heavy (non-hydrogen) atoms. The van der Waals surface area contributed by atoms with Crippen LogP contribution in [0.1, 0.15) is 26.7 Å². The van der Waals surface area contributed by atoms with Gasteiger partial charge in [0.2, 0.25) is 5.82 Å². The van der Waals surface area contributed by atoms with Crippen LogP contribution in [-0.4, -0.2) is 28.2 Å². The Morgan fingerprint density at radius 2 is 2.17 bits per heavy atom. The predicted octanol–water partition coefficient (Wildman–Crippen LogP) is 2.20. The van der Waals surface area contributed by atoms with Gasteiger partial charge in [0, 0.05) is 24.2 Å². The van der Waals surface area contributed by atoms with Crippen molar-refractivity contribution in [2.45, 2.75) is 26.7 Å². The van der Waals surface area contributed by atoms with Gasteiger partial charge in [-0.05, 0) is 18.9 Å². The van der Waals surface area contributed by atoms with E-state index in [9.17, 15) is 15.2 Å². The van der Waals surface area contributed by atoms with Crippen LogP contribution in [0, 0.1) is 15.5 Å². The van der Waals surface area contributed by atoms with Gasteiger partial charge in [-0.15, -0.1) is 0 Å². The van der Waals surface area contributed by atoms with E-state index in [2.05, 4.69) is 10.3 Å². The third-order valence-electron chi connectivity index (χ3n) is 3.45. The fourth-order valence-corrected chi connectivity index (χ4v) is 1.73. The van der Waals surface area contributed by atoms with E-state index in [0.717, 1.165) is 12.8 Å². The molecule has 0 radical (unpaired) electrons. The summed E-state index contributed by atoms with van der Waals surface area (Å²) in [4.78, 5) is 14.3. The van der Waals surface area contributed by atoms with Gasteiger partial charge in [0.25, 0.3) is 0 Å². The van der Waals surface area contributed by atoms with Crippen LogP contribution in [0.3, 0.4) is 0 Å². The number of hydrogen-bond donors (Lipinski definition) is 2. The first-order chi connectivity index (χ1) is 8.58. The Morgan fingerprint density at radius 3 is 2.67 bits per heavy atom. The molecule has 0 aliphatic heterocycles. The number of anilines is 1. The fraction of sp³-hybridized carbons (Fsp3) is 0.583. The zero-order valence-corrected chi connectivity index (χ0v) is 10.7. The molecule has 1 aromatic rings. The molecular formula is C12H19N3O3. The minimum Gasteiger partial charge on any atom is -0.396 e. The molecule has 0 aliphatic rings. The summed E-state index contributed by atoms with van der Waals surface area (Å²) in [6, 6.07) is 2.94. The lowest BCUT2D eigenvalue weighted by atomic mass is 9.83. The maximum absolute atomic E-state index is 10.8. The van der Waals surface area contributed by atoms with Gasteiger partial charge in [0.15, 0.2) is 0 Å². The van der Waals surface area contributed by atoms with E-state index in [1.807, 2.05) is 13.8 Å². The molecule has 2 N–H and O–H groups in total. The number of hydrogen-bond acceptors (Lipinski definition) is 5. The molecule has 1 aromatic heterocycles. The van der Waals surface area contributed by atoms with Crippen molar-refractivity contribution in [3.8, 4) is 0 Å². The monoisotopic (exact) mass is 253 g/mol. The first-order valence-electron chi connectivity index (χ1n) is 6.02. The van der Waals surface area contributed by atoms with Crippen LogP contribution in [0.5, 0.6) is 0 Å². The van der Waals surface area contributed by atoms with Crippen LogP contribution in [0.4, 0.5) is 11.5 Å². The van der Waals surface area contributed by atoms with Crippen LogP contribution in [0.25, 0.3) is 0 Å². The largest absolute Gasteiger partial charge is 0.396 e. The maximum atomic E-state index is 10.8. The van der Waals surface area contributed by atoms with E-state index in [1.54, 1.807) is 0 Å². The van der Waals surface area contributed by atoms with Crippen molar-refractivity contribution >= 4 is 11.5 Å². The summed E-state index contributed by atoms with van der Waals surface area (Å²) in [5.41, 5.74) is -0.303. The third-order valence-corrected chi connectivity index (χ3v) is 3.45. The van der Waals surface area contributed by atoms with Crippen molar-refractivity contribution in [1.82, 2.24) is 4.98 Å². The molecule has 0 amide bonds. The van der Waals surface area contributed by atoms with Crippen molar-refractivity contribution in [2.75, 3.05) is 18.5 Å². The Kier molecular flexibility index (Phi) is 5.03. The first-order valence-corrected chi connectivity index (χ1v) is 6.02. The van der Waals surface area contributed by atoms with Crippen molar-refractivity contribution < 1.29 is 10.0 Å². The van der Waals surface area contributed by atoms with E-state index >= 15 is 0 Å². The average Bonchev–Trinajstić information content (AvgIpc) is 2.41. The van der Waals surface area contributed by atoms with Gasteiger partial charge in [-0.25, -0.2) is 4.98 Å². The van der Waals surface area contributed by atoms with Crippen molar-refractivity contribution in [3.63, 3.8) is 0 Å². The van der Waals surface area contributed by atoms with Crippen LogP contribution < -0.4 is 5.32 Å². The molecule has 0 bridgehead atoms. The quantitative estimate of drug-likeness (QED) is 0.574. The lowest BCUT2D eigenvalue weighted by Crippen LogP contribution is -2.32. The lowest BCUT2D eigenvalue weighted by Gasteiger charge is -2.29. The van der Waals surface area contributed by atoms with Crippen LogP contribution >= 0.6 is 0 Å². The van der Waals surface area contributed by atoms with Crippen LogP contribution in [0.2, 0.25) is 0 Å². The highest BCUT2D eigenvalue weighted by Gasteiger charge is 2.26. The average molecular weight is 253 g/mol. The van der Waals surface area contributed by atoms with Gasteiger partial charge < -0.3 is 10.4 Å². The van der Waals surface area contributed by atoms with Crippen LogP contribution in [-0.2, 0) is 0 Å². The number of aromatic nitrogens is 1. The summed E-state index contributed by atoms with van der Waals surface area (Å²) in [6.07, 6.45) is 3.11. The second-order valence-electron chi connectivity index (χ2n) is 4.35. The van der Waals surface area contributed by atoms with Gasteiger partial charge >= 0.3 is 5.69 Å². The van der Waals surface area contributed by atoms with Gasteiger partial charge in [-0.1, -0.05) is 13.8 Å². The molecule has 0 spiro atoms. The summed E-state index contributed by atoms with van der Waals surface area (Å²) in [5.74, 6) is 0.252. The Labute approximate surface area is 106 Å². The number of aliphatic hydroxyl groups is 1. The first kappa shape index (κ1) is 14.4. The standard InChI is InChI=1S/C12H19N3O3/c1-3-12(4-2,9-16)8-14-11-10(15(17)18)6-5-7-13-11/h5-7,16H,3-4,8-9H2,1-2H3,(H,13,14).